The van der Waals surface area contributed by atoms with Crippen molar-refractivity contribution in [1.82, 2.24) is 10.6 Å². The molecule has 2 amide bonds. The van der Waals surface area contributed by atoms with Gasteiger partial charge in [0, 0.05) is 17.3 Å². The molecule has 0 spiro atoms. The molecule has 1 aromatic heterocycles. The van der Waals surface area contributed by atoms with E-state index < -0.39 is 0 Å². The SMILES string of the molecule is CCNC(=O)N[C@H](C)Cc1csc2ccccc12. The number of fused-ring (bicyclic) bond motifs is 1. The van der Waals surface area contributed by atoms with Crippen molar-refractivity contribution >= 4 is 27.5 Å². The van der Waals surface area contributed by atoms with E-state index >= 15 is 0 Å². The normalized spacial score (nSPS) is 12.3. The number of thiophene rings is 1. The Hall–Kier alpha value is -1.55. The van der Waals surface area contributed by atoms with E-state index in [1.807, 2.05) is 13.8 Å². The first-order valence-electron chi connectivity index (χ1n) is 6.20. The number of carbonyl (C=O) groups excluding carboxylic acids is 1. The van der Waals surface area contributed by atoms with Crippen LogP contribution < -0.4 is 10.6 Å². The van der Waals surface area contributed by atoms with Crippen LogP contribution in [0.1, 0.15) is 19.4 Å². The van der Waals surface area contributed by atoms with Crippen molar-refractivity contribution < 1.29 is 4.79 Å². The van der Waals surface area contributed by atoms with Crippen molar-refractivity contribution in [3.05, 3.63) is 35.2 Å². The standard InChI is InChI=1S/C14H18N2OS/c1-3-15-14(17)16-10(2)8-11-9-18-13-7-5-4-6-12(11)13/h4-7,9-10H,3,8H2,1-2H3,(H2,15,16,17)/t10-/m1/s1. The van der Waals surface area contributed by atoms with Gasteiger partial charge in [0.1, 0.15) is 0 Å². The largest absolute Gasteiger partial charge is 0.338 e. The van der Waals surface area contributed by atoms with E-state index in [9.17, 15) is 4.79 Å². The number of benzene rings is 1. The summed E-state index contributed by atoms with van der Waals surface area (Å²) < 4.78 is 1.30. The molecule has 0 radical (unpaired) electrons. The predicted molar refractivity (Wildman–Crippen MR) is 77.2 cm³/mol. The number of hydrogen-bond acceptors (Lipinski definition) is 2. The first kappa shape index (κ1) is 12.9. The maximum absolute atomic E-state index is 11.4. The molecule has 2 rings (SSSR count). The van der Waals surface area contributed by atoms with Gasteiger partial charge in [0.25, 0.3) is 0 Å². The zero-order chi connectivity index (χ0) is 13.0. The molecular weight excluding hydrogens is 244 g/mol. The van der Waals surface area contributed by atoms with Gasteiger partial charge in [0.2, 0.25) is 0 Å². The molecule has 0 fully saturated rings. The number of urea groups is 1. The molecule has 0 unspecified atom stereocenters. The summed E-state index contributed by atoms with van der Waals surface area (Å²) in [4.78, 5) is 11.4. The van der Waals surface area contributed by atoms with Crippen molar-refractivity contribution in [3.8, 4) is 0 Å². The van der Waals surface area contributed by atoms with E-state index in [1.165, 1.54) is 15.6 Å². The van der Waals surface area contributed by atoms with Gasteiger partial charge in [-0.05, 0) is 42.7 Å². The van der Waals surface area contributed by atoms with Crippen LogP contribution >= 0.6 is 11.3 Å². The third-order valence-corrected chi connectivity index (χ3v) is 3.81. The van der Waals surface area contributed by atoms with Crippen LogP contribution in [-0.2, 0) is 6.42 Å². The van der Waals surface area contributed by atoms with Crippen LogP contribution in [0.5, 0.6) is 0 Å². The van der Waals surface area contributed by atoms with Crippen molar-refractivity contribution in [2.45, 2.75) is 26.3 Å². The summed E-state index contributed by atoms with van der Waals surface area (Å²) >= 11 is 1.76. The Bertz CT molecular complexity index is 535. The minimum Gasteiger partial charge on any atom is -0.338 e. The highest BCUT2D eigenvalue weighted by Crippen LogP contribution is 2.26. The van der Waals surface area contributed by atoms with E-state index in [0.29, 0.717) is 6.54 Å². The number of rotatable bonds is 4. The molecule has 0 aliphatic rings. The second-order valence-electron chi connectivity index (χ2n) is 4.37. The Labute approximate surface area is 111 Å². The summed E-state index contributed by atoms with van der Waals surface area (Å²) in [5, 5.41) is 9.16. The summed E-state index contributed by atoms with van der Waals surface area (Å²) in [7, 11) is 0. The van der Waals surface area contributed by atoms with Crippen LogP contribution in [0.15, 0.2) is 29.6 Å². The highest BCUT2D eigenvalue weighted by Gasteiger charge is 2.10. The van der Waals surface area contributed by atoms with E-state index in [1.54, 1.807) is 11.3 Å². The van der Waals surface area contributed by atoms with Gasteiger partial charge in [-0.1, -0.05) is 18.2 Å². The maximum Gasteiger partial charge on any atom is 0.314 e. The van der Waals surface area contributed by atoms with E-state index in [0.717, 1.165) is 6.42 Å². The van der Waals surface area contributed by atoms with Crippen LogP contribution in [0.2, 0.25) is 0 Å². The smallest absolute Gasteiger partial charge is 0.314 e. The fraction of sp³-hybridized carbons (Fsp3) is 0.357. The Morgan fingerprint density at radius 3 is 2.94 bits per heavy atom. The molecule has 1 atom stereocenters. The van der Waals surface area contributed by atoms with Crippen LogP contribution in [0.4, 0.5) is 4.79 Å². The zero-order valence-electron chi connectivity index (χ0n) is 10.7. The molecule has 0 aliphatic heterocycles. The molecule has 0 saturated carbocycles. The predicted octanol–water partition coefficient (Wildman–Crippen LogP) is 3.15. The van der Waals surface area contributed by atoms with Gasteiger partial charge >= 0.3 is 6.03 Å². The summed E-state index contributed by atoms with van der Waals surface area (Å²) in [6.07, 6.45) is 0.862. The Balaban J connectivity index is 2.03. The van der Waals surface area contributed by atoms with E-state index in [2.05, 4.69) is 40.3 Å². The number of hydrogen-bond donors (Lipinski definition) is 2. The quantitative estimate of drug-likeness (QED) is 0.873. The Morgan fingerprint density at radius 1 is 1.39 bits per heavy atom. The molecule has 0 aliphatic carbocycles. The molecule has 3 nitrogen and oxygen atoms in total. The lowest BCUT2D eigenvalue weighted by molar-refractivity contribution is 0.238. The van der Waals surface area contributed by atoms with Gasteiger partial charge in [-0.3, -0.25) is 0 Å². The fourth-order valence-corrected chi connectivity index (χ4v) is 2.98. The molecule has 0 bridgehead atoms. The third kappa shape index (κ3) is 3.01. The minimum absolute atomic E-state index is 0.0930. The zero-order valence-corrected chi connectivity index (χ0v) is 11.5. The highest BCUT2D eigenvalue weighted by molar-refractivity contribution is 7.17. The molecule has 1 aromatic carbocycles. The van der Waals surface area contributed by atoms with Crippen molar-refractivity contribution in [2.75, 3.05) is 6.54 Å². The lowest BCUT2D eigenvalue weighted by Crippen LogP contribution is -2.41. The number of nitrogens with one attached hydrogen (secondary N) is 2. The second kappa shape index (κ2) is 5.87. The monoisotopic (exact) mass is 262 g/mol. The van der Waals surface area contributed by atoms with Crippen LogP contribution in [-0.4, -0.2) is 18.6 Å². The van der Waals surface area contributed by atoms with Crippen molar-refractivity contribution in [1.29, 1.82) is 0 Å². The topological polar surface area (TPSA) is 41.1 Å². The van der Waals surface area contributed by atoms with Gasteiger partial charge in [0.15, 0.2) is 0 Å². The average molecular weight is 262 g/mol. The summed E-state index contributed by atoms with van der Waals surface area (Å²) in [5.41, 5.74) is 1.31. The first-order valence-corrected chi connectivity index (χ1v) is 7.08. The van der Waals surface area contributed by atoms with Crippen molar-refractivity contribution in [2.24, 2.45) is 0 Å². The molecule has 96 valence electrons. The molecule has 1 heterocycles. The van der Waals surface area contributed by atoms with E-state index in [-0.39, 0.29) is 12.1 Å². The lowest BCUT2D eigenvalue weighted by Gasteiger charge is -2.13. The maximum atomic E-state index is 11.4. The number of carbonyl (C=O) groups is 1. The summed E-state index contributed by atoms with van der Waals surface area (Å²) in [6, 6.07) is 8.42. The van der Waals surface area contributed by atoms with E-state index in [4.69, 9.17) is 0 Å². The minimum atomic E-state index is -0.0930. The van der Waals surface area contributed by atoms with Gasteiger partial charge in [-0.15, -0.1) is 11.3 Å². The molecule has 18 heavy (non-hydrogen) atoms. The Kier molecular flexibility index (Phi) is 4.20. The fourth-order valence-electron chi connectivity index (χ4n) is 2.01. The van der Waals surface area contributed by atoms with Crippen LogP contribution in [0.3, 0.4) is 0 Å². The first-order chi connectivity index (χ1) is 8.70. The van der Waals surface area contributed by atoms with Gasteiger partial charge in [-0.25, -0.2) is 4.79 Å². The summed E-state index contributed by atoms with van der Waals surface area (Å²) in [6.45, 7) is 4.60. The van der Waals surface area contributed by atoms with Crippen molar-refractivity contribution in [3.63, 3.8) is 0 Å². The second-order valence-corrected chi connectivity index (χ2v) is 5.28. The van der Waals surface area contributed by atoms with Crippen LogP contribution in [0.25, 0.3) is 10.1 Å². The molecule has 2 aromatic rings. The van der Waals surface area contributed by atoms with Gasteiger partial charge in [0.05, 0.1) is 0 Å². The average Bonchev–Trinajstić information content (AvgIpc) is 2.73. The molecule has 0 saturated heterocycles. The third-order valence-electron chi connectivity index (χ3n) is 2.80. The highest BCUT2D eigenvalue weighted by atomic mass is 32.1. The molecular formula is C14H18N2OS. The van der Waals surface area contributed by atoms with Gasteiger partial charge < -0.3 is 10.6 Å². The summed E-state index contributed by atoms with van der Waals surface area (Å²) in [5.74, 6) is 0. The Morgan fingerprint density at radius 2 is 2.17 bits per heavy atom. The molecule has 4 heteroatoms. The van der Waals surface area contributed by atoms with Crippen LogP contribution in [0, 0.1) is 0 Å². The van der Waals surface area contributed by atoms with Gasteiger partial charge in [-0.2, -0.15) is 0 Å². The lowest BCUT2D eigenvalue weighted by atomic mass is 10.1. The number of amides is 2. The molecule has 2 N–H and O–H groups in total.